The fraction of sp³-hybridized carbons (Fsp3) is 0.289. The van der Waals surface area contributed by atoms with Gasteiger partial charge in [0.15, 0.2) is 11.6 Å². The summed E-state index contributed by atoms with van der Waals surface area (Å²) in [6.45, 7) is 25.7. The van der Waals surface area contributed by atoms with Crippen molar-refractivity contribution in [1.29, 1.82) is 0 Å². The molecule has 0 bridgehead atoms. The SMILES string of the molecule is CC(=Nc1c(C)cc(C)cc1C)c1cccc(C(C)=Nc2c(C)cc(C)cc2C)n1.CC(=O)c1cccc(C(C)=O)n1.Cc1cc(C)c(N)c(C)c1. The quantitative estimate of drug-likeness (QED) is 0.108. The molecule has 2 aromatic heterocycles. The summed E-state index contributed by atoms with van der Waals surface area (Å²) in [4.78, 5) is 40.2. The fourth-order valence-electron chi connectivity index (χ4n) is 6.00. The average Bonchev–Trinajstić information content (AvgIpc) is 3.07. The first-order valence-corrected chi connectivity index (χ1v) is 17.4. The molecule has 3 aromatic carbocycles. The van der Waals surface area contributed by atoms with Crippen molar-refractivity contribution in [3.8, 4) is 0 Å². The fourth-order valence-corrected chi connectivity index (χ4v) is 6.00. The van der Waals surface area contributed by atoms with E-state index in [1.807, 2.05) is 45.9 Å². The molecular weight excluding hydrogens is 643 g/mol. The molecule has 0 amide bonds. The molecule has 0 saturated carbocycles. The van der Waals surface area contributed by atoms with Crippen LogP contribution in [0.3, 0.4) is 0 Å². The minimum absolute atomic E-state index is 0.127. The molecule has 2 N–H and O–H groups in total. The van der Waals surface area contributed by atoms with Crippen LogP contribution >= 0.6 is 0 Å². The summed E-state index contributed by atoms with van der Waals surface area (Å²) in [5.41, 5.74) is 23.9. The lowest BCUT2D eigenvalue weighted by Gasteiger charge is -2.10. The molecule has 7 heteroatoms. The van der Waals surface area contributed by atoms with Crippen LogP contribution in [0.1, 0.15) is 110 Å². The highest BCUT2D eigenvalue weighted by Crippen LogP contribution is 2.27. The number of aliphatic imine (C=N–C) groups is 2. The first-order chi connectivity index (χ1) is 24.4. The van der Waals surface area contributed by atoms with Gasteiger partial charge < -0.3 is 5.73 Å². The third-order valence-corrected chi connectivity index (χ3v) is 8.53. The molecule has 0 unspecified atom stereocenters. The van der Waals surface area contributed by atoms with Crippen molar-refractivity contribution in [1.82, 2.24) is 9.97 Å². The van der Waals surface area contributed by atoms with Crippen molar-refractivity contribution in [2.24, 2.45) is 9.98 Å². The number of nitrogens with zero attached hydrogens (tertiary/aromatic N) is 4. The third kappa shape index (κ3) is 11.2. The van der Waals surface area contributed by atoms with Gasteiger partial charge in [-0.2, -0.15) is 0 Å². The van der Waals surface area contributed by atoms with E-state index in [1.54, 1.807) is 18.2 Å². The monoisotopic (exact) mass is 695 g/mol. The summed E-state index contributed by atoms with van der Waals surface area (Å²) in [6, 6.07) is 23.8. The highest BCUT2D eigenvalue weighted by molar-refractivity contribution is 6.02. The number of pyridine rings is 2. The van der Waals surface area contributed by atoms with Crippen LogP contribution in [0.25, 0.3) is 0 Å². The number of nitrogens with two attached hydrogens (primary N) is 1. The molecule has 0 radical (unpaired) electrons. The van der Waals surface area contributed by atoms with E-state index in [4.69, 9.17) is 20.7 Å². The molecule has 0 saturated heterocycles. The molecule has 7 nitrogen and oxygen atoms in total. The Balaban J connectivity index is 0.000000269. The maximum atomic E-state index is 10.8. The molecule has 270 valence electrons. The van der Waals surface area contributed by atoms with Crippen molar-refractivity contribution in [2.45, 2.75) is 90.0 Å². The van der Waals surface area contributed by atoms with Crippen LogP contribution in [0, 0.1) is 62.3 Å². The van der Waals surface area contributed by atoms with Gasteiger partial charge in [0.25, 0.3) is 0 Å². The summed E-state index contributed by atoms with van der Waals surface area (Å²) in [5, 5.41) is 0. The molecule has 0 fully saturated rings. The number of anilines is 1. The number of hydrogen-bond acceptors (Lipinski definition) is 7. The summed E-state index contributed by atoms with van der Waals surface area (Å²) in [7, 11) is 0. The minimum Gasteiger partial charge on any atom is -0.398 e. The van der Waals surface area contributed by atoms with Crippen LogP contribution in [0.4, 0.5) is 17.1 Å². The number of rotatable bonds is 6. The maximum Gasteiger partial charge on any atom is 0.178 e. The Kier molecular flexibility index (Phi) is 14.2. The largest absolute Gasteiger partial charge is 0.398 e. The Bertz CT molecular complexity index is 1990. The van der Waals surface area contributed by atoms with Gasteiger partial charge in [0.05, 0.1) is 34.2 Å². The van der Waals surface area contributed by atoms with Gasteiger partial charge in [-0.15, -0.1) is 0 Å². The van der Waals surface area contributed by atoms with Crippen molar-refractivity contribution >= 4 is 40.1 Å². The van der Waals surface area contributed by atoms with Gasteiger partial charge in [0, 0.05) is 19.5 Å². The van der Waals surface area contributed by atoms with E-state index in [0.717, 1.165) is 39.9 Å². The summed E-state index contributed by atoms with van der Waals surface area (Å²) < 4.78 is 0. The van der Waals surface area contributed by atoms with E-state index >= 15 is 0 Å². The molecule has 0 aliphatic rings. The van der Waals surface area contributed by atoms with Gasteiger partial charge in [0.2, 0.25) is 0 Å². The Hall–Kier alpha value is -5.56. The first-order valence-electron chi connectivity index (χ1n) is 17.4. The van der Waals surface area contributed by atoms with Gasteiger partial charge in [-0.1, -0.05) is 65.2 Å². The normalized spacial score (nSPS) is 11.2. The number of carbonyl (C=O) groups is 2. The molecular formula is C45H53N5O2. The van der Waals surface area contributed by atoms with Crippen LogP contribution in [-0.2, 0) is 0 Å². The van der Waals surface area contributed by atoms with Crippen molar-refractivity contribution in [3.63, 3.8) is 0 Å². The molecule has 0 aliphatic heterocycles. The Morgan fingerprint density at radius 2 is 0.731 bits per heavy atom. The zero-order chi connectivity index (χ0) is 38.9. The predicted octanol–water partition coefficient (Wildman–Crippen LogP) is 10.9. The van der Waals surface area contributed by atoms with Gasteiger partial charge in [-0.3, -0.25) is 19.6 Å². The maximum absolute atomic E-state index is 10.8. The van der Waals surface area contributed by atoms with Gasteiger partial charge >= 0.3 is 0 Å². The summed E-state index contributed by atoms with van der Waals surface area (Å²) in [6.07, 6.45) is 0. The van der Waals surface area contributed by atoms with Crippen molar-refractivity contribution < 1.29 is 9.59 Å². The van der Waals surface area contributed by atoms with Crippen molar-refractivity contribution in [2.75, 3.05) is 5.73 Å². The molecule has 0 spiro atoms. The zero-order valence-electron chi connectivity index (χ0n) is 33.1. The number of carbonyl (C=O) groups excluding carboxylic acids is 2. The standard InChI is InChI=1S/C27H31N3.C9H9NO2.C9H13N/c1-16-12-18(3)26(19(4)13-16)28-22(7)24-10-9-11-25(30-24)23(8)29-27-20(5)14-17(2)15-21(27)6;1-6(11)8-4-3-5-9(10-8)7(2)12;1-6-4-7(2)9(10)8(3)5-6/h9-15H,1-8H3;3-5H,1-2H3;4-5H,10H2,1-3H3. The summed E-state index contributed by atoms with van der Waals surface area (Å²) in [5.74, 6) is -0.254. The van der Waals surface area contributed by atoms with E-state index in [0.29, 0.717) is 11.4 Å². The van der Waals surface area contributed by atoms with E-state index in [9.17, 15) is 9.59 Å². The van der Waals surface area contributed by atoms with Gasteiger partial charge in [-0.25, -0.2) is 9.97 Å². The molecule has 0 aliphatic carbocycles. The van der Waals surface area contributed by atoms with Crippen LogP contribution < -0.4 is 5.73 Å². The van der Waals surface area contributed by atoms with Crippen LogP contribution in [0.5, 0.6) is 0 Å². The average molecular weight is 696 g/mol. The smallest absolute Gasteiger partial charge is 0.178 e. The Morgan fingerprint density at radius 1 is 0.462 bits per heavy atom. The number of aryl methyl sites for hydroxylation is 9. The van der Waals surface area contributed by atoms with E-state index in [1.165, 1.54) is 63.9 Å². The van der Waals surface area contributed by atoms with E-state index in [2.05, 4.69) is 89.8 Å². The van der Waals surface area contributed by atoms with E-state index < -0.39 is 0 Å². The Morgan fingerprint density at radius 3 is 1.04 bits per heavy atom. The summed E-state index contributed by atoms with van der Waals surface area (Å²) >= 11 is 0. The highest BCUT2D eigenvalue weighted by Gasteiger charge is 2.10. The highest BCUT2D eigenvalue weighted by atomic mass is 16.1. The van der Waals surface area contributed by atoms with Gasteiger partial charge in [-0.05, 0) is 134 Å². The molecule has 5 aromatic rings. The lowest BCUT2D eigenvalue weighted by Crippen LogP contribution is -2.05. The van der Waals surface area contributed by atoms with Crippen LogP contribution in [0.2, 0.25) is 0 Å². The lowest BCUT2D eigenvalue weighted by atomic mass is 10.0. The zero-order valence-corrected chi connectivity index (χ0v) is 33.1. The number of benzene rings is 3. The second kappa shape index (κ2) is 18.1. The third-order valence-electron chi connectivity index (χ3n) is 8.53. The molecule has 2 heterocycles. The Labute approximate surface area is 310 Å². The molecule has 52 heavy (non-hydrogen) atoms. The predicted molar refractivity (Wildman–Crippen MR) is 219 cm³/mol. The second-order valence-electron chi connectivity index (χ2n) is 13.6. The number of hydrogen-bond donors (Lipinski definition) is 1. The molecule has 5 rings (SSSR count). The minimum atomic E-state index is -0.127. The second-order valence-corrected chi connectivity index (χ2v) is 13.6. The topological polar surface area (TPSA) is 111 Å². The van der Waals surface area contributed by atoms with Crippen LogP contribution in [0.15, 0.2) is 82.8 Å². The number of aromatic nitrogens is 2. The van der Waals surface area contributed by atoms with Gasteiger partial charge in [0.1, 0.15) is 11.4 Å². The van der Waals surface area contributed by atoms with Crippen molar-refractivity contribution in [3.05, 3.63) is 146 Å². The number of nitrogen functional groups attached to an aromatic ring is 1. The number of ketones is 2. The number of Topliss-reactive ketones (excluding diaryl/α,β-unsaturated/α-hetero) is 2. The van der Waals surface area contributed by atoms with Crippen LogP contribution in [-0.4, -0.2) is 33.0 Å². The van der Waals surface area contributed by atoms with E-state index in [-0.39, 0.29) is 11.6 Å². The molecule has 0 atom stereocenters. The lowest BCUT2D eigenvalue weighted by molar-refractivity contribution is 0.101. The first kappa shape index (κ1) is 40.9.